The first kappa shape index (κ1) is 126. The van der Waals surface area contributed by atoms with Crippen LogP contribution in [0.4, 0.5) is 0 Å². The maximum atomic E-state index is 12.9. The van der Waals surface area contributed by atoms with Gasteiger partial charge in [-0.15, -0.1) is 0 Å². The van der Waals surface area contributed by atoms with E-state index in [0.717, 1.165) is 44.9 Å². The van der Waals surface area contributed by atoms with E-state index < -0.39 is 227 Å². The van der Waals surface area contributed by atoms with Gasteiger partial charge in [0.15, 0.2) is 37.2 Å². The van der Waals surface area contributed by atoms with Crippen LogP contribution < -0.4 is 296 Å². The van der Waals surface area contributed by atoms with Crippen LogP contribution in [0.15, 0.2) is 0 Å². The fourth-order valence-corrected chi connectivity index (χ4v) is 20.0. The summed E-state index contributed by atoms with van der Waals surface area (Å²) in [4.78, 5) is 0. The van der Waals surface area contributed by atoms with Gasteiger partial charge in [0, 0.05) is 0 Å². The first-order valence-electron chi connectivity index (χ1n) is 29.9. The monoisotopic (exact) mass is 1890 g/mol. The van der Waals surface area contributed by atoms with E-state index in [9.17, 15) is 130 Å². The zero-order chi connectivity index (χ0) is 76.2. The Labute approximate surface area is 866 Å². The van der Waals surface area contributed by atoms with Crippen molar-refractivity contribution in [3.8, 4) is 0 Å². The zero-order valence-corrected chi connectivity index (χ0v) is 90.9. The van der Waals surface area contributed by atoms with Gasteiger partial charge in [-0.2, -0.15) is 0 Å². The van der Waals surface area contributed by atoms with E-state index in [0.29, 0.717) is 42.9 Å². The van der Waals surface area contributed by atoms with Crippen molar-refractivity contribution in [2.24, 2.45) is 52.3 Å². The van der Waals surface area contributed by atoms with Crippen LogP contribution in [0.25, 0.3) is 0 Å². The second-order valence-corrected chi connectivity index (χ2v) is 36.1. The molecule has 0 aromatic heterocycles. The Morgan fingerprint density at radius 2 is 0.649 bits per heavy atom. The maximum Gasteiger partial charge on any atom is 1.00 e. The van der Waals surface area contributed by atoms with Gasteiger partial charge in [-0.05, 0) is 110 Å². The molecular formula is C45H68Na10O46S10. The van der Waals surface area contributed by atoms with Crippen LogP contribution in [0.2, 0.25) is 0 Å². The second kappa shape index (κ2) is 50.2. The molecule has 4 saturated carbocycles. The molecule has 0 radical (unpaired) electrons. The van der Waals surface area contributed by atoms with Crippen LogP contribution in [0.3, 0.4) is 0 Å². The van der Waals surface area contributed by atoms with Crippen molar-refractivity contribution >= 4 is 104 Å². The van der Waals surface area contributed by atoms with Crippen LogP contribution in [0.1, 0.15) is 112 Å². The molecule has 0 bridgehead atoms. The summed E-state index contributed by atoms with van der Waals surface area (Å²) in [7, 11) is -65.6. The molecule has 0 aromatic rings. The van der Waals surface area contributed by atoms with Crippen LogP contribution >= 0.6 is 0 Å². The van der Waals surface area contributed by atoms with Gasteiger partial charge in [-0.3, -0.25) is 41.8 Å². The van der Waals surface area contributed by atoms with Gasteiger partial charge in [0.1, 0.15) is 54.9 Å². The molecule has 7 rings (SSSR count). The van der Waals surface area contributed by atoms with E-state index in [-0.39, 0.29) is 332 Å². The van der Waals surface area contributed by atoms with Gasteiger partial charge in [0.05, 0.1) is 25.9 Å². The number of ether oxygens (including phenoxy) is 6. The Kier molecular flexibility index (Phi) is 56.9. The minimum Gasteiger partial charge on any atom is -0.726 e. The largest absolute Gasteiger partial charge is 1.00 e. The maximum absolute atomic E-state index is 12.9. The quantitative estimate of drug-likeness (QED) is 0.0250. The molecule has 66 heteroatoms. The third-order valence-corrected chi connectivity index (χ3v) is 23.7. The Balaban J connectivity index is -0.00000572. The topological polar surface area (TPSA) is 720 Å². The minimum absolute atomic E-state index is 0. The van der Waals surface area contributed by atoms with Gasteiger partial charge < -0.3 is 73.9 Å². The van der Waals surface area contributed by atoms with E-state index in [4.69, 9.17) is 32.6 Å². The standard InChI is InChI=1S/C45H78O46S10.10Na/c1-21(2)7-6-8-22(3)26-11-12-27-25-10-9-23-17-24(13-15-44(23,4)28(25)14-16-45(26,27)5)79-41-38(89-99(67,68)69)35(32(85-95(55,56)57)29(80-41)18-76-92(46,47)48)83-42-39(90-100(70,71)72)36(33(86-96(58,59)60)30(81-42)19-77-93(49,50)51)84-43-40(91-101(73,74)75)37(88-98(64,65)66)34(87-97(61,62)63)31(82-43)20-78-94(52,53)54;;;;;;;;;;/h21-43H,6-20H2,1-5H3,(H,46,47,48)(H,49,50,51)(H,52,53,54)(H,55,56,57)(H,58,59,60)(H,61,62,63)(H,64,65,66)(H,67,68,69)(H,70,71,72)(H,73,74,75);;;;;;;;;;/q;10*+1/p-10/t22-,23+,24+,25+,26-,27+,28+,29-,30-,31-,32-,33-,34-,35+,36+,37+,38+,39+,40+,41+,42-,43-,44+,45-;;;;;;;;;;/m1........../s1. The third-order valence-electron chi connectivity index (χ3n) is 19.2. The smallest absolute Gasteiger partial charge is 0.726 e. The minimum atomic E-state index is -6.91. The van der Waals surface area contributed by atoms with Crippen molar-refractivity contribution in [2.45, 2.75) is 210 Å². The third kappa shape index (κ3) is 39.6. The summed E-state index contributed by atoms with van der Waals surface area (Å²) in [6, 6.07) is 0. The molecule has 3 aliphatic heterocycles. The van der Waals surface area contributed by atoms with Crippen molar-refractivity contribution in [1.82, 2.24) is 0 Å². The average Bonchev–Trinajstić information content (AvgIpc) is 1.67. The van der Waals surface area contributed by atoms with Crippen molar-refractivity contribution < 1.29 is 496 Å². The van der Waals surface area contributed by atoms with Gasteiger partial charge in [0.25, 0.3) is 0 Å². The van der Waals surface area contributed by atoms with E-state index >= 15 is 0 Å². The number of fused-ring (bicyclic) bond motifs is 5. The van der Waals surface area contributed by atoms with E-state index in [1.807, 2.05) is 0 Å². The first-order chi connectivity index (χ1) is 45.7. The van der Waals surface area contributed by atoms with Crippen molar-refractivity contribution in [2.75, 3.05) is 19.8 Å². The molecule has 7 aliphatic rings. The summed E-state index contributed by atoms with van der Waals surface area (Å²) in [5, 5.41) is 0. The zero-order valence-electron chi connectivity index (χ0n) is 62.7. The predicted molar refractivity (Wildman–Crippen MR) is 303 cm³/mol. The molecule has 0 N–H and O–H groups in total. The Morgan fingerprint density at radius 3 is 0.991 bits per heavy atom. The van der Waals surface area contributed by atoms with Crippen LogP contribution in [0.5, 0.6) is 0 Å². The van der Waals surface area contributed by atoms with E-state index in [1.165, 1.54) is 0 Å². The summed E-state index contributed by atoms with van der Waals surface area (Å²) in [6.45, 7) is 4.54. The Morgan fingerprint density at radius 1 is 0.342 bits per heavy atom. The van der Waals surface area contributed by atoms with Crippen LogP contribution in [-0.4, -0.2) is 248 Å². The first-order valence-corrected chi connectivity index (χ1v) is 43.2. The normalized spacial score (nSPS) is 34.4. The van der Waals surface area contributed by atoms with Crippen LogP contribution in [-0.2, 0) is 174 Å². The van der Waals surface area contributed by atoms with Gasteiger partial charge in [0.2, 0.25) is 104 Å². The molecule has 0 aromatic carbocycles. The summed E-state index contributed by atoms with van der Waals surface area (Å²) in [6.07, 6.45) is -45.1. The fraction of sp³-hybridized carbons (Fsp3) is 1.00. The predicted octanol–water partition coefficient (Wildman–Crippen LogP) is -34.2. The SMILES string of the molecule is CC(C)CCC[C@@H](C)[C@H]1CC[C@H]2[C@@H]3CC[C@H]4C[C@@H](O[C@H]5O[C@H](COS(=O)(=O)[O-])[C@@H](OS(=O)(=O)[O-])[C@H](O[C@H]6O[C@H](COS(=O)(=O)[O-])[C@@H](OS(=O)(=O)[O-])[C@H](O[C@H]7O[C@H](COS(=O)(=O)[O-])[C@@H](OS(=O)(=O)[O-])[C@H](OS(=O)(=O)[O-])[C@@H]7OS(=O)(=O)[O-])[C@@H]6OS(=O)(=O)[O-])[C@@H]5OS(=O)(=O)[O-])CC[C@]4(C)[C@H]3CC[C@]12C.[Na+].[Na+].[Na+].[Na+].[Na+].[Na+].[Na+].[Na+].[Na+].[Na+]. The second-order valence-electron chi connectivity index (χ2n) is 25.9. The van der Waals surface area contributed by atoms with Crippen molar-refractivity contribution in [3.63, 3.8) is 0 Å². The molecule has 111 heavy (non-hydrogen) atoms. The number of hydrogen-bond donors (Lipinski definition) is 0. The molecular weight excluding hydrogens is 1830 g/mol. The number of hydrogen-bond acceptors (Lipinski definition) is 46. The van der Waals surface area contributed by atoms with Gasteiger partial charge in [-0.1, -0.05) is 53.9 Å². The van der Waals surface area contributed by atoms with Crippen LogP contribution in [0, 0.1) is 52.3 Å². The summed E-state index contributed by atoms with van der Waals surface area (Å²) in [5.74, 6) is 1.91. The molecule has 3 saturated heterocycles. The molecule has 24 atom stereocenters. The Bertz CT molecular complexity index is 4130. The summed E-state index contributed by atoms with van der Waals surface area (Å²) in [5.41, 5.74) is -0.428. The van der Waals surface area contributed by atoms with Gasteiger partial charge >= 0.3 is 296 Å². The van der Waals surface area contributed by atoms with Crippen molar-refractivity contribution in [1.29, 1.82) is 0 Å². The van der Waals surface area contributed by atoms with Gasteiger partial charge in [-0.25, -0.2) is 84.2 Å². The Hall–Kier alpha value is 8.46. The molecule has 4 aliphatic carbocycles. The summed E-state index contributed by atoms with van der Waals surface area (Å²) < 4.78 is 446. The van der Waals surface area contributed by atoms with Crippen molar-refractivity contribution in [3.05, 3.63) is 0 Å². The molecule has 0 unspecified atom stereocenters. The van der Waals surface area contributed by atoms with E-state index in [2.05, 4.69) is 72.3 Å². The molecule has 594 valence electrons. The fourth-order valence-electron chi connectivity index (χ4n) is 15.7. The van der Waals surface area contributed by atoms with E-state index in [1.54, 1.807) is 0 Å². The molecule has 7 fully saturated rings. The molecule has 0 amide bonds. The summed E-state index contributed by atoms with van der Waals surface area (Å²) >= 11 is 0. The molecule has 3 heterocycles. The average molecular weight is 1900 g/mol. The molecule has 46 nitrogen and oxygen atoms in total. The molecule has 0 spiro atoms. The number of rotatable bonds is 34.